The predicted molar refractivity (Wildman–Crippen MR) is 135 cm³/mol. The number of hydrogen-bond donors (Lipinski definition) is 0. The van der Waals surface area contributed by atoms with Crippen LogP contribution in [0.5, 0.6) is 5.75 Å². The van der Waals surface area contributed by atoms with Crippen LogP contribution in [0.4, 0.5) is 4.39 Å². The SMILES string of the molecule is CCOc1cccc(-c2ccc3nc(-c4ccc(F)cc4)c(CN4CCN(C(C)=O)CC4)n3c2)c1. The summed E-state index contributed by atoms with van der Waals surface area (Å²) >= 11 is 0. The van der Waals surface area contributed by atoms with E-state index in [4.69, 9.17) is 9.72 Å². The first-order valence-electron chi connectivity index (χ1n) is 12.0. The first kappa shape index (κ1) is 23.1. The molecule has 1 aliphatic heterocycles. The predicted octanol–water partition coefficient (Wildman–Crippen LogP) is 4.87. The average molecular weight is 473 g/mol. The fourth-order valence-electron chi connectivity index (χ4n) is 4.62. The van der Waals surface area contributed by atoms with E-state index in [1.54, 1.807) is 19.1 Å². The lowest BCUT2D eigenvalue weighted by Crippen LogP contribution is -2.47. The summed E-state index contributed by atoms with van der Waals surface area (Å²) in [4.78, 5) is 20.9. The number of piperazine rings is 1. The van der Waals surface area contributed by atoms with Gasteiger partial charge in [0.2, 0.25) is 5.91 Å². The number of amides is 1. The highest BCUT2D eigenvalue weighted by Gasteiger charge is 2.22. The molecule has 5 rings (SSSR count). The number of nitrogens with zero attached hydrogens (tertiary/aromatic N) is 4. The summed E-state index contributed by atoms with van der Waals surface area (Å²) in [5, 5.41) is 0. The van der Waals surface area contributed by atoms with Crippen molar-refractivity contribution in [2.75, 3.05) is 32.8 Å². The van der Waals surface area contributed by atoms with Crippen molar-refractivity contribution in [2.24, 2.45) is 0 Å². The highest BCUT2D eigenvalue weighted by molar-refractivity contribution is 5.73. The third kappa shape index (κ3) is 4.91. The first-order valence-corrected chi connectivity index (χ1v) is 12.0. The quantitative estimate of drug-likeness (QED) is 0.402. The second-order valence-corrected chi connectivity index (χ2v) is 8.80. The summed E-state index contributed by atoms with van der Waals surface area (Å²) in [6.45, 7) is 7.92. The Bertz CT molecular complexity index is 1340. The molecular formula is C28H29FN4O2. The van der Waals surface area contributed by atoms with Gasteiger partial charge >= 0.3 is 0 Å². The van der Waals surface area contributed by atoms with Crippen molar-refractivity contribution in [2.45, 2.75) is 20.4 Å². The maximum absolute atomic E-state index is 13.6. The maximum atomic E-state index is 13.6. The lowest BCUT2D eigenvalue weighted by atomic mass is 10.1. The highest BCUT2D eigenvalue weighted by atomic mass is 19.1. The summed E-state index contributed by atoms with van der Waals surface area (Å²) in [6.07, 6.45) is 2.11. The van der Waals surface area contributed by atoms with Gasteiger partial charge in [-0.1, -0.05) is 12.1 Å². The van der Waals surface area contributed by atoms with E-state index in [0.29, 0.717) is 26.2 Å². The van der Waals surface area contributed by atoms with Gasteiger partial charge in [0.15, 0.2) is 0 Å². The smallest absolute Gasteiger partial charge is 0.219 e. The molecule has 1 aliphatic rings. The molecule has 4 aromatic rings. The summed E-state index contributed by atoms with van der Waals surface area (Å²) in [6, 6.07) is 18.7. The molecule has 0 N–H and O–H groups in total. The zero-order valence-corrected chi connectivity index (χ0v) is 20.1. The Morgan fingerprint density at radius 3 is 2.43 bits per heavy atom. The third-order valence-electron chi connectivity index (χ3n) is 6.50. The number of ether oxygens (including phenoxy) is 1. The Labute approximate surface area is 204 Å². The molecule has 6 nitrogen and oxygen atoms in total. The van der Waals surface area contributed by atoms with Gasteiger partial charge in [0, 0.05) is 51.4 Å². The fraction of sp³-hybridized carbons (Fsp3) is 0.286. The van der Waals surface area contributed by atoms with Crippen LogP contribution >= 0.6 is 0 Å². The second kappa shape index (κ2) is 9.88. The summed E-state index contributed by atoms with van der Waals surface area (Å²) in [5.41, 5.74) is 5.74. The molecule has 35 heavy (non-hydrogen) atoms. The molecule has 0 radical (unpaired) electrons. The molecular weight excluding hydrogens is 443 g/mol. The molecule has 3 heterocycles. The lowest BCUT2D eigenvalue weighted by molar-refractivity contribution is -0.130. The van der Waals surface area contributed by atoms with Crippen LogP contribution in [0.3, 0.4) is 0 Å². The highest BCUT2D eigenvalue weighted by Crippen LogP contribution is 2.30. The molecule has 7 heteroatoms. The molecule has 1 fully saturated rings. The summed E-state index contributed by atoms with van der Waals surface area (Å²) in [5.74, 6) is 0.688. The number of pyridine rings is 1. The molecule has 0 unspecified atom stereocenters. The topological polar surface area (TPSA) is 50.1 Å². The first-order chi connectivity index (χ1) is 17.0. The number of carbonyl (C=O) groups is 1. The van der Waals surface area contributed by atoms with E-state index in [2.05, 4.69) is 27.6 Å². The van der Waals surface area contributed by atoms with E-state index >= 15 is 0 Å². The van der Waals surface area contributed by atoms with Crippen LogP contribution in [0.1, 0.15) is 19.5 Å². The van der Waals surface area contributed by atoms with Crippen molar-refractivity contribution in [1.29, 1.82) is 0 Å². The maximum Gasteiger partial charge on any atom is 0.219 e. The molecule has 1 saturated heterocycles. The molecule has 0 spiro atoms. The number of benzene rings is 2. The number of fused-ring (bicyclic) bond motifs is 1. The normalized spacial score (nSPS) is 14.4. The van der Waals surface area contributed by atoms with Crippen molar-refractivity contribution in [3.05, 3.63) is 78.4 Å². The van der Waals surface area contributed by atoms with Crippen molar-refractivity contribution < 1.29 is 13.9 Å². The van der Waals surface area contributed by atoms with Gasteiger partial charge in [-0.05, 0) is 66.6 Å². The van der Waals surface area contributed by atoms with Crippen molar-refractivity contribution in [3.8, 4) is 28.1 Å². The molecule has 0 bridgehead atoms. The van der Waals surface area contributed by atoms with E-state index < -0.39 is 0 Å². The monoisotopic (exact) mass is 472 g/mol. The standard InChI is InChI=1S/C28H29FN4O2/c1-3-35-25-6-4-5-22(17-25)23-9-12-27-30-28(21-7-10-24(29)11-8-21)26(33(27)18-23)19-31-13-15-32(16-14-31)20(2)34/h4-12,17-18H,3,13-16,19H2,1-2H3. The average Bonchev–Trinajstić information content (AvgIpc) is 3.22. The minimum Gasteiger partial charge on any atom is -0.494 e. The minimum absolute atomic E-state index is 0.116. The van der Waals surface area contributed by atoms with Gasteiger partial charge in [-0.3, -0.25) is 9.69 Å². The van der Waals surface area contributed by atoms with Crippen molar-refractivity contribution in [1.82, 2.24) is 19.2 Å². The van der Waals surface area contributed by atoms with E-state index in [-0.39, 0.29) is 11.7 Å². The van der Waals surface area contributed by atoms with Crippen LogP contribution in [0.2, 0.25) is 0 Å². The largest absolute Gasteiger partial charge is 0.494 e. The molecule has 0 aliphatic carbocycles. The van der Waals surface area contributed by atoms with Gasteiger partial charge in [0.1, 0.15) is 17.2 Å². The molecule has 180 valence electrons. The van der Waals surface area contributed by atoms with Gasteiger partial charge in [0.25, 0.3) is 0 Å². The zero-order valence-electron chi connectivity index (χ0n) is 20.1. The Morgan fingerprint density at radius 2 is 1.71 bits per heavy atom. The zero-order chi connectivity index (χ0) is 24.4. The Hall–Kier alpha value is -3.71. The number of carbonyl (C=O) groups excluding carboxylic acids is 1. The van der Waals surface area contributed by atoms with Crippen LogP contribution in [0, 0.1) is 5.82 Å². The second-order valence-electron chi connectivity index (χ2n) is 8.80. The van der Waals surface area contributed by atoms with Crippen LogP contribution in [0.25, 0.3) is 28.0 Å². The number of halogens is 1. The van der Waals surface area contributed by atoms with Gasteiger partial charge < -0.3 is 14.0 Å². The molecule has 1 amide bonds. The third-order valence-corrected chi connectivity index (χ3v) is 6.50. The number of rotatable bonds is 6. The van der Waals surface area contributed by atoms with Gasteiger partial charge in [-0.15, -0.1) is 0 Å². The van der Waals surface area contributed by atoms with Gasteiger partial charge in [0.05, 0.1) is 18.0 Å². The summed E-state index contributed by atoms with van der Waals surface area (Å²) in [7, 11) is 0. The number of aromatic nitrogens is 2. The minimum atomic E-state index is -0.268. The molecule has 2 aromatic heterocycles. The molecule has 2 aromatic carbocycles. The summed E-state index contributed by atoms with van der Waals surface area (Å²) < 4.78 is 21.5. The Balaban J connectivity index is 1.55. The van der Waals surface area contributed by atoms with Crippen LogP contribution in [-0.4, -0.2) is 57.9 Å². The molecule has 0 saturated carbocycles. The van der Waals surface area contributed by atoms with Gasteiger partial charge in [-0.25, -0.2) is 9.37 Å². The van der Waals surface area contributed by atoms with Gasteiger partial charge in [-0.2, -0.15) is 0 Å². The van der Waals surface area contributed by atoms with E-state index in [9.17, 15) is 9.18 Å². The Morgan fingerprint density at radius 1 is 0.971 bits per heavy atom. The fourth-order valence-corrected chi connectivity index (χ4v) is 4.62. The van der Waals surface area contributed by atoms with Crippen LogP contribution in [0.15, 0.2) is 66.9 Å². The Kier molecular flexibility index (Phi) is 6.51. The number of imidazole rings is 1. The van der Waals surface area contributed by atoms with Crippen LogP contribution in [-0.2, 0) is 11.3 Å². The van der Waals surface area contributed by atoms with E-state index in [1.165, 1.54) is 12.1 Å². The number of hydrogen-bond acceptors (Lipinski definition) is 4. The van der Waals surface area contributed by atoms with E-state index in [1.807, 2.05) is 36.1 Å². The lowest BCUT2D eigenvalue weighted by Gasteiger charge is -2.34. The molecule has 0 atom stereocenters. The van der Waals surface area contributed by atoms with E-state index in [0.717, 1.165) is 52.6 Å². The van der Waals surface area contributed by atoms with Crippen molar-refractivity contribution in [3.63, 3.8) is 0 Å². The van der Waals surface area contributed by atoms with Crippen molar-refractivity contribution >= 4 is 11.6 Å². The van der Waals surface area contributed by atoms with Crippen LogP contribution < -0.4 is 4.74 Å².